The van der Waals surface area contributed by atoms with Gasteiger partial charge in [0.05, 0.1) is 5.69 Å². The molecule has 1 amide bonds. The molecule has 1 aromatic heterocycles. The van der Waals surface area contributed by atoms with Gasteiger partial charge < -0.3 is 10.1 Å². The molecule has 0 unspecified atom stereocenters. The van der Waals surface area contributed by atoms with Crippen LogP contribution in [0.4, 0.5) is 8.78 Å². The summed E-state index contributed by atoms with van der Waals surface area (Å²) in [7, 11) is 1.60. The van der Waals surface area contributed by atoms with Gasteiger partial charge in [0.1, 0.15) is 0 Å². The lowest BCUT2D eigenvalue weighted by atomic mass is 10.1. The zero-order valence-electron chi connectivity index (χ0n) is 13.1. The Balaban J connectivity index is 2.20. The number of benzene rings is 1. The van der Waals surface area contributed by atoms with E-state index < -0.39 is 11.6 Å². The third kappa shape index (κ3) is 4.13. The van der Waals surface area contributed by atoms with Gasteiger partial charge in [-0.25, -0.2) is 8.78 Å². The van der Waals surface area contributed by atoms with E-state index in [4.69, 9.17) is 4.74 Å². The molecule has 124 valence electrons. The molecule has 23 heavy (non-hydrogen) atoms. The van der Waals surface area contributed by atoms with Crippen LogP contribution in [-0.2, 0) is 11.3 Å². The van der Waals surface area contributed by atoms with Gasteiger partial charge in [-0.05, 0) is 37.6 Å². The van der Waals surface area contributed by atoms with E-state index in [9.17, 15) is 13.6 Å². The van der Waals surface area contributed by atoms with E-state index in [0.29, 0.717) is 37.4 Å². The number of amides is 1. The smallest absolute Gasteiger partial charge is 0.271 e. The summed E-state index contributed by atoms with van der Waals surface area (Å²) >= 11 is 0. The third-order valence-corrected chi connectivity index (χ3v) is 3.34. The standard InChI is InChI=1S/C16H19F2N3O2/c1-3-21-15(11-5-6-12(17)13(18)9-11)10-14(20-21)16(22)19-7-4-8-23-2/h5-6,9-10H,3-4,7-8H2,1-2H3,(H,19,22). The quantitative estimate of drug-likeness (QED) is 0.797. The predicted molar refractivity (Wildman–Crippen MR) is 82.1 cm³/mol. The van der Waals surface area contributed by atoms with Gasteiger partial charge in [-0.1, -0.05) is 0 Å². The molecular formula is C16H19F2N3O2. The number of ether oxygens (including phenoxy) is 1. The Morgan fingerprint density at radius 1 is 1.30 bits per heavy atom. The van der Waals surface area contributed by atoms with Crippen molar-refractivity contribution in [1.82, 2.24) is 15.1 Å². The highest BCUT2D eigenvalue weighted by molar-refractivity contribution is 5.93. The molecule has 0 bridgehead atoms. The van der Waals surface area contributed by atoms with Crippen molar-refractivity contribution in [2.24, 2.45) is 0 Å². The minimum absolute atomic E-state index is 0.240. The van der Waals surface area contributed by atoms with Crippen molar-refractivity contribution in [3.63, 3.8) is 0 Å². The molecule has 0 aliphatic heterocycles. The van der Waals surface area contributed by atoms with E-state index >= 15 is 0 Å². The Labute approximate surface area is 133 Å². The predicted octanol–water partition coefficient (Wildman–Crippen LogP) is 2.61. The summed E-state index contributed by atoms with van der Waals surface area (Å²) in [5, 5.41) is 6.95. The maximum Gasteiger partial charge on any atom is 0.271 e. The van der Waals surface area contributed by atoms with E-state index in [0.717, 1.165) is 12.1 Å². The summed E-state index contributed by atoms with van der Waals surface area (Å²) in [5.41, 5.74) is 1.27. The van der Waals surface area contributed by atoms with E-state index in [-0.39, 0.29) is 11.6 Å². The van der Waals surface area contributed by atoms with Crippen LogP contribution in [0.25, 0.3) is 11.3 Å². The Hall–Kier alpha value is -2.28. The summed E-state index contributed by atoms with van der Waals surface area (Å²) in [5.74, 6) is -2.15. The molecule has 2 rings (SSSR count). The number of methoxy groups -OCH3 is 1. The second-order valence-corrected chi connectivity index (χ2v) is 4.96. The van der Waals surface area contributed by atoms with Crippen LogP contribution >= 0.6 is 0 Å². The molecule has 0 spiro atoms. The maximum atomic E-state index is 13.4. The summed E-state index contributed by atoms with van der Waals surface area (Å²) in [6, 6.07) is 5.19. The van der Waals surface area contributed by atoms with Crippen molar-refractivity contribution in [3.05, 3.63) is 41.6 Å². The number of carbonyl (C=O) groups excluding carboxylic acids is 1. The first kappa shape index (κ1) is 17.1. The first-order chi connectivity index (χ1) is 11.1. The average molecular weight is 323 g/mol. The fourth-order valence-electron chi connectivity index (χ4n) is 2.17. The highest BCUT2D eigenvalue weighted by Crippen LogP contribution is 2.22. The van der Waals surface area contributed by atoms with Gasteiger partial charge in [-0.2, -0.15) is 5.10 Å². The van der Waals surface area contributed by atoms with Crippen LogP contribution in [0.3, 0.4) is 0 Å². The molecule has 0 saturated heterocycles. The van der Waals surface area contributed by atoms with Crippen LogP contribution in [0.2, 0.25) is 0 Å². The van der Waals surface area contributed by atoms with Crippen LogP contribution in [0.5, 0.6) is 0 Å². The zero-order valence-corrected chi connectivity index (χ0v) is 13.1. The van der Waals surface area contributed by atoms with Crippen molar-refractivity contribution in [3.8, 4) is 11.3 Å². The van der Waals surface area contributed by atoms with Crippen LogP contribution < -0.4 is 5.32 Å². The Kier molecular flexibility index (Phi) is 5.81. The number of aryl methyl sites for hydroxylation is 1. The minimum Gasteiger partial charge on any atom is -0.385 e. The van der Waals surface area contributed by atoms with Crippen LogP contribution in [0, 0.1) is 11.6 Å². The Morgan fingerprint density at radius 3 is 2.74 bits per heavy atom. The molecule has 0 fully saturated rings. The fraction of sp³-hybridized carbons (Fsp3) is 0.375. The Morgan fingerprint density at radius 2 is 2.09 bits per heavy atom. The van der Waals surface area contributed by atoms with Gasteiger partial charge in [-0.15, -0.1) is 0 Å². The number of nitrogens with zero attached hydrogens (tertiary/aromatic N) is 2. The molecular weight excluding hydrogens is 304 g/mol. The Bertz CT molecular complexity index is 686. The van der Waals surface area contributed by atoms with Crippen molar-refractivity contribution in [2.45, 2.75) is 19.9 Å². The van der Waals surface area contributed by atoms with Crippen molar-refractivity contribution < 1.29 is 18.3 Å². The van der Waals surface area contributed by atoms with Crippen molar-refractivity contribution in [1.29, 1.82) is 0 Å². The van der Waals surface area contributed by atoms with Gasteiger partial charge in [0.25, 0.3) is 5.91 Å². The van der Waals surface area contributed by atoms with E-state index in [2.05, 4.69) is 10.4 Å². The molecule has 1 heterocycles. The molecule has 7 heteroatoms. The molecule has 2 aromatic rings. The number of carbonyl (C=O) groups is 1. The average Bonchev–Trinajstić information content (AvgIpc) is 2.98. The van der Waals surface area contributed by atoms with Gasteiger partial charge in [0.2, 0.25) is 0 Å². The van der Waals surface area contributed by atoms with Gasteiger partial charge in [-0.3, -0.25) is 9.48 Å². The summed E-state index contributed by atoms with van der Waals surface area (Å²) in [6.07, 6.45) is 0.701. The number of rotatable bonds is 7. The van der Waals surface area contributed by atoms with Crippen LogP contribution in [0.1, 0.15) is 23.8 Å². The lowest BCUT2D eigenvalue weighted by molar-refractivity contribution is 0.0943. The normalized spacial score (nSPS) is 10.8. The lowest BCUT2D eigenvalue weighted by Gasteiger charge is -2.04. The number of hydrogen-bond donors (Lipinski definition) is 1. The van der Waals surface area contributed by atoms with E-state index in [1.807, 2.05) is 6.92 Å². The number of hydrogen-bond acceptors (Lipinski definition) is 3. The van der Waals surface area contributed by atoms with Gasteiger partial charge in [0, 0.05) is 32.4 Å². The number of aromatic nitrogens is 2. The molecule has 5 nitrogen and oxygen atoms in total. The zero-order chi connectivity index (χ0) is 16.8. The van der Waals surface area contributed by atoms with Crippen molar-refractivity contribution in [2.75, 3.05) is 20.3 Å². The first-order valence-electron chi connectivity index (χ1n) is 7.37. The highest BCUT2D eigenvalue weighted by Gasteiger charge is 2.15. The topological polar surface area (TPSA) is 56.2 Å². The molecule has 0 atom stereocenters. The number of halogens is 2. The second-order valence-electron chi connectivity index (χ2n) is 4.96. The monoisotopic (exact) mass is 323 g/mol. The van der Waals surface area contributed by atoms with Crippen LogP contribution in [0.15, 0.2) is 24.3 Å². The van der Waals surface area contributed by atoms with Crippen LogP contribution in [-0.4, -0.2) is 35.9 Å². The fourth-order valence-corrected chi connectivity index (χ4v) is 2.17. The third-order valence-electron chi connectivity index (χ3n) is 3.34. The highest BCUT2D eigenvalue weighted by atomic mass is 19.2. The molecule has 0 radical (unpaired) electrons. The molecule has 1 aromatic carbocycles. The van der Waals surface area contributed by atoms with Gasteiger partial charge in [0.15, 0.2) is 17.3 Å². The van der Waals surface area contributed by atoms with Gasteiger partial charge >= 0.3 is 0 Å². The molecule has 0 aliphatic carbocycles. The molecule has 1 N–H and O–H groups in total. The summed E-state index contributed by atoms with van der Waals surface area (Å²) in [6.45, 7) is 3.40. The first-order valence-corrected chi connectivity index (χ1v) is 7.37. The minimum atomic E-state index is -0.933. The van der Waals surface area contributed by atoms with E-state index in [1.54, 1.807) is 17.9 Å². The second kappa shape index (κ2) is 7.82. The summed E-state index contributed by atoms with van der Waals surface area (Å²) in [4.78, 5) is 12.1. The number of nitrogens with one attached hydrogen (secondary N) is 1. The maximum absolute atomic E-state index is 13.4. The molecule has 0 aliphatic rings. The van der Waals surface area contributed by atoms with Crippen molar-refractivity contribution >= 4 is 5.91 Å². The molecule has 0 saturated carbocycles. The largest absolute Gasteiger partial charge is 0.385 e. The lowest BCUT2D eigenvalue weighted by Crippen LogP contribution is -2.25. The summed E-state index contributed by atoms with van der Waals surface area (Å²) < 4.78 is 33.0. The van der Waals surface area contributed by atoms with E-state index in [1.165, 1.54) is 6.07 Å². The SMILES string of the molecule is CCn1nc(C(=O)NCCCOC)cc1-c1ccc(F)c(F)c1.